The molecule has 1 amide bonds. The lowest BCUT2D eigenvalue weighted by atomic mass is 10.2. The van der Waals surface area contributed by atoms with Crippen molar-refractivity contribution in [3.05, 3.63) is 40.9 Å². The van der Waals surface area contributed by atoms with Crippen molar-refractivity contribution in [2.45, 2.75) is 19.9 Å². The van der Waals surface area contributed by atoms with Gasteiger partial charge in [-0.25, -0.2) is 13.8 Å². The van der Waals surface area contributed by atoms with Crippen LogP contribution in [0.4, 0.5) is 8.78 Å². The van der Waals surface area contributed by atoms with Crippen LogP contribution in [0.25, 0.3) is 10.6 Å². The van der Waals surface area contributed by atoms with Crippen LogP contribution in [-0.4, -0.2) is 39.5 Å². The third-order valence-electron chi connectivity index (χ3n) is 3.09. The van der Waals surface area contributed by atoms with E-state index in [1.165, 1.54) is 11.4 Å². The fourth-order valence-electron chi connectivity index (χ4n) is 1.97. The van der Waals surface area contributed by atoms with Crippen molar-refractivity contribution in [1.82, 2.24) is 9.88 Å². The van der Waals surface area contributed by atoms with Gasteiger partial charge in [0.1, 0.15) is 28.9 Å². The molecule has 1 aromatic heterocycles. The lowest BCUT2D eigenvalue weighted by Crippen LogP contribution is -2.40. The fraction of sp³-hybridized carbons (Fsp3) is 0.267. The highest BCUT2D eigenvalue weighted by molar-refractivity contribution is 7.13. The summed E-state index contributed by atoms with van der Waals surface area (Å²) in [5.41, 5.74) is -0.339. The van der Waals surface area contributed by atoms with Gasteiger partial charge in [0.25, 0.3) is 5.91 Å². The van der Waals surface area contributed by atoms with E-state index >= 15 is 0 Å². The lowest BCUT2D eigenvalue weighted by Gasteiger charge is -2.23. The van der Waals surface area contributed by atoms with Crippen LogP contribution in [-0.2, 0) is 4.79 Å². The first-order valence-electron chi connectivity index (χ1n) is 6.74. The van der Waals surface area contributed by atoms with E-state index < -0.39 is 30.1 Å². The van der Waals surface area contributed by atoms with Gasteiger partial charge < -0.3 is 10.0 Å². The molecule has 0 radical (unpaired) electrons. The van der Waals surface area contributed by atoms with E-state index in [1.54, 1.807) is 13.8 Å². The van der Waals surface area contributed by atoms with Gasteiger partial charge >= 0.3 is 5.97 Å². The van der Waals surface area contributed by atoms with Crippen molar-refractivity contribution in [1.29, 1.82) is 0 Å². The van der Waals surface area contributed by atoms with Gasteiger partial charge in [-0.15, -0.1) is 11.3 Å². The summed E-state index contributed by atoms with van der Waals surface area (Å²) in [6, 6.07) is 3.09. The Labute approximate surface area is 135 Å². The van der Waals surface area contributed by atoms with Crippen molar-refractivity contribution < 1.29 is 23.5 Å². The molecule has 0 fully saturated rings. The third kappa shape index (κ3) is 3.70. The van der Waals surface area contributed by atoms with Crippen LogP contribution >= 0.6 is 11.3 Å². The number of carboxylic acid groups (broad SMARTS) is 1. The van der Waals surface area contributed by atoms with Crippen molar-refractivity contribution in [2.24, 2.45) is 0 Å². The summed E-state index contributed by atoms with van der Waals surface area (Å²) < 4.78 is 27.5. The van der Waals surface area contributed by atoms with Crippen LogP contribution in [0.1, 0.15) is 24.3 Å². The summed E-state index contributed by atoms with van der Waals surface area (Å²) in [7, 11) is 0. The van der Waals surface area contributed by atoms with Gasteiger partial charge in [-0.1, -0.05) is 6.07 Å². The molecule has 5 nitrogen and oxygen atoms in total. The van der Waals surface area contributed by atoms with Gasteiger partial charge in [0, 0.05) is 11.4 Å². The predicted molar refractivity (Wildman–Crippen MR) is 81.3 cm³/mol. The average molecular weight is 340 g/mol. The number of amides is 1. The molecule has 2 aromatic rings. The lowest BCUT2D eigenvalue weighted by molar-refractivity contribution is -0.138. The average Bonchev–Trinajstić information content (AvgIpc) is 2.93. The zero-order valence-electron chi connectivity index (χ0n) is 12.4. The Morgan fingerprint density at radius 3 is 2.43 bits per heavy atom. The molecule has 0 aliphatic carbocycles. The standard InChI is InChI=1S/C15H14F2N2O3S/c1-8(2)19(6-12(20)21)15(22)11-7-23-14(18-11)13-9(16)4-3-5-10(13)17/h3-5,7-8H,6H2,1-2H3,(H,20,21). The van der Waals surface area contributed by atoms with Crippen LogP contribution in [0.5, 0.6) is 0 Å². The summed E-state index contributed by atoms with van der Waals surface area (Å²) in [5.74, 6) is -3.29. The predicted octanol–water partition coefficient (Wildman–Crippen LogP) is 3.02. The maximum Gasteiger partial charge on any atom is 0.323 e. The maximum atomic E-state index is 13.8. The number of benzene rings is 1. The zero-order chi connectivity index (χ0) is 17.1. The van der Waals surface area contributed by atoms with E-state index in [1.807, 2.05) is 0 Å². The van der Waals surface area contributed by atoms with Crippen molar-refractivity contribution >= 4 is 23.2 Å². The SMILES string of the molecule is CC(C)N(CC(=O)O)C(=O)c1csc(-c2c(F)cccc2F)n1. The van der Waals surface area contributed by atoms with Gasteiger partial charge in [0.15, 0.2) is 0 Å². The van der Waals surface area contributed by atoms with E-state index in [9.17, 15) is 18.4 Å². The molecule has 0 saturated carbocycles. The van der Waals surface area contributed by atoms with Crippen molar-refractivity contribution in [3.8, 4) is 10.6 Å². The second kappa shape index (κ2) is 6.82. The highest BCUT2D eigenvalue weighted by Crippen LogP contribution is 2.29. The van der Waals surface area contributed by atoms with Crippen LogP contribution in [0.2, 0.25) is 0 Å². The third-order valence-corrected chi connectivity index (χ3v) is 3.95. The number of hydrogen-bond donors (Lipinski definition) is 1. The minimum atomic E-state index is -1.15. The van der Waals surface area contributed by atoms with Gasteiger partial charge in [-0.05, 0) is 26.0 Å². The second-order valence-electron chi connectivity index (χ2n) is 5.06. The van der Waals surface area contributed by atoms with Gasteiger partial charge in [-0.2, -0.15) is 0 Å². The zero-order valence-corrected chi connectivity index (χ0v) is 13.2. The Bertz CT molecular complexity index is 726. The molecular weight excluding hydrogens is 326 g/mol. The molecule has 1 N–H and O–H groups in total. The highest BCUT2D eigenvalue weighted by Gasteiger charge is 2.24. The summed E-state index contributed by atoms with van der Waals surface area (Å²) in [4.78, 5) is 28.3. The molecule has 1 aromatic carbocycles. The van der Waals surface area contributed by atoms with E-state index in [2.05, 4.69) is 4.98 Å². The van der Waals surface area contributed by atoms with E-state index in [-0.39, 0.29) is 22.3 Å². The summed E-state index contributed by atoms with van der Waals surface area (Å²) in [6.45, 7) is 2.87. The number of hydrogen-bond acceptors (Lipinski definition) is 4. The molecule has 8 heteroatoms. The molecule has 122 valence electrons. The van der Waals surface area contributed by atoms with Crippen molar-refractivity contribution in [2.75, 3.05) is 6.54 Å². The number of thiazole rings is 1. The monoisotopic (exact) mass is 340 g/mol. The Balaban J connectivity index is 2.34. The molecule has 0 aliphatic heterocycles. The molecule has 23 heavy (non-hydrogen) atoms. The number of aliphatic carboxylic acids is 1. The molecule has 1 heterocycles. The van der Waals surface area contributed by atoms with E-state index in [0.717, 1.165) is 28.4 Å². The number of rotatable bonds is 5. The molecule has 2 rings (SSSR count). The molecular formula is C15H14F2N2O3S. The van der Waals surface area contributed by atoms with Crippen LogP contribution < -0.4 is 0 Å². The smallest absolute Gasteiger partial charge is 0.323 e. The first kappa shape index (κ1) is 17.0. The first-order chi connectivity index (χ1) is 10.8. The first-order valence-corrected chi connectivity index (χ1v) is 7.62. The van der Waals surface area contributed by atoms with Crippen LogP contribution in [0, 0.1) is 11.6 Å². The van der Waals surface area contributed by atoms with E-state index in [4.69, 9.17) is 5.11 Å². The van der Waals surface area contributed by atoms with Gasteiger partial charge in [0.05, 0.1) is 5.56 Å². The quantitative estimate of drug-likeness (QED) is 0.908. The highest BCUT2D eigenvalue weighted by atomic mass is 32.1. The number of aromatic nitrogens is 1. The molecule has 0 atom stereocenters. The maximum absolute atomic E-state index is 13.8. The van der Waals surface area contributed by atoms with Crippen molar-refractivity contribution in [3.63, 3.8) is 0 Å². The molecule has 0 saturated heterocycles. The van der Waals surface area contributed by atoms with Gasteiger partial charge in [0.2, 0.25) is 0 Å². The topological polar surface area (TPSA) is 70.5 Å². The Hall–Kier alpha value is -2.35. The molecule has 0 aliphatic rings. The number of carbonyl (C=O) groups is 2. The molecule has 0 spiro atoms. The van der Waals surface area contributed by atoms with E-state index in [0.29, 0.717) is 0 Å². The van der Waals surface area contributed by atoms with Crippen LogP contribution in [0.15, 0.2) is 23.6 Å². The van der Waals surface area contributed by atoms with Crippen LogP contribution in [0.3, 0.4) is 0 Å². The minimum Gasteiger partial charge on any atom is -0.480 e. The summed E-state index contributed by atoms with van der Waals surface area (Å²) in [6.07, 6.45) is 0. The fourth-order valence-corrected chi connectivity index (χ4v) is 2.81. The Morgan fingerprint density at radius 1 is 1.30 bits per heavy atom. The minimum absolute atomic E-state index is 0.0305. The Morgan fingerprint density at radius 2 is 1.91 bits per heavy atom. The number of halogens is 2. The normalized spacial score (nSPS) is 10.8. The Kier molecular flexibility index (Phi) is 5.05. The van der Waals surface area contributed by atoms with Gasteiger partial charge in [-0.3, -0.25) is 9.59 Å². The second-order valence-corrected chi connectivity index (χ2v) is 5.91. The number of carbonyl (C=O) groups excluding carboxylic acids is 1. The number of nitrogens with zero attached hydrogens (tertiary/aromatic N) is 2. The summed E-state index contributed by atoms with van der Waals surface area (Å²) >= 11 is 0.921. The molecule has 0 bridgehead atoms. The molecule has 0 unspecified atom stereocenters. The largest absolute Gasteiger partial charge is 0.480 e. The summed E-state index contributed by atoms with van der Waals surface area (Å²) in [5, 5.41) is 10.3. The number of carboxylic acids is 1.